The van der Waals surface area contributed by atoms with Gasteiger partial charge in [-0.15, -0.1) is 0 Å². The van der Waals surface area contributed by atoms with Crippen molar-refractivity contribution < 1.29 is 68.1 Å². The van der Waals surface area contributed by atoms with Crippen molar-refractivity contribution in [2.24, 2.45) is 28.7 Å². The Balaban J connectivity index is -0.0000000476. The van der Waals surface area contributed by atoms with Crippen LogP contribution < -0.4 is 54.2 Å². The van der Waals surface area contributed by atoms with Crippen LogP contribution in [0.3, 0.4) is 0 Å². The largest absolute Gasteiger partial charge is 0.549 e. The summed E-state index contributed by atoms with van der Waals surface area (Å²) in [5.74, 6) is -6.09. The fraction of sp³-hybridized carbons (Fsp3) is 0.500. The van der Waals surface area contributed by atoms with Gasteiger partial charge in [0.25, 0.3) is 0 Å². The summed E-state index contributed by atoms with van der Waals surface area (Å²) in [6.07, 6.45) is 0. The molecule has 0 bridgehead atoms. The second kappa shape index (κ2) is 34.1. The molecule has 0 aromatic heterocycles. The molecule has 0 heterocycles. The number of carbonyl (C=O) groups is 5. The van der Waals surface area contributed by atoms with Gasteiger partial charge in [0.1, 0.15) is 0 Å². The first-order valence-electron chi connectivity index (χ1n) is 5.85. The molecule has 0 aliphatic heterocycles. The average Bonchev–Trinajstić information content (AvgIpc) is 2.56. The van der Waals surface area contributed by atoms with E-state index < -0.39 is 29.8 Å². The van der Waals surface area contributed by atoms with Crippen LogP contribution in [0, 0.1) is 0 Å². The number of hydrogen-bond donors (Lipinski definition) is 5. The van der Waals surface area contributed by atoms with Crippen molar-refractivity contribution in [3.05, 3.63) is 0 Å². The molecular weight excluding hydrogens is 401 g/mol. The maximum atomic E-state index is 9.13. The van der Waals surface area contributed by atoms with Crippen molar-refractivity contribution in [2.45, 2.75) is 0 Å². The van der Waals surface area contributed by atoms with Gasteiger partial charge in [-0.25, -0.2) is 0 Å². The smallest absolute Gasteiger partial charge is 0.0550 e. The van der Waals surface area contributed by atoms with Crippen molar-refractivity contribution in [3.8, 4) is 0 Å². The summed E-state index contributed by atoms with van der Waals surface area (Å²) in [7, 11) is 0. The molecule has 0 amide bonds. The van der Waals surface area contributed by atoms with Crippen molar-refractivity contribution in [1.82, 2.24) is 0 Å². The van der Waals surface area contributed by atoms with Crippen LogP contribution in [-0.2, 0) is 42.5 Å². The second-order valence-electron chi connectivity index (χ2n) is 2.88. The fourth-order valence-electron chi connectivity index (χ4n) is 0. The SMILES string of the molecule is NCC(=O)[O-].NCC(=O)[O-].NCC(=O)[O-].NCC(=O)[O-].NCC(=O)[O-].[V]. The summed E-state index contributed by atoms with van der Waals surface area (Å²) < 4.78 is 0. The number of nitrogens with two attached hydrogens (primary N) is 5. The third-order valence-electron chi connectivity index (χ3n) is 0.833. The van der Waals surface area contributed by atoms with E-state index in [4.69, 9.17) is 49.5 Å². The van der Waals surface area contributed by atoms with Crippen molar-refractivity contribution in [1.29, 1.82) is 0 Å². The Bertz CT molecular complexity index is 302. The number of aliphatic carboxylic acids is 5. The molecule has 0 spiro atoms. The number of rotatable bonds is 5. The van der Waals surface area contributed by atoms with E-state index in [1.54, 1.807) is 0 Å². The molecule has 0 saturated carbocycles. The van der Waals surface area contributed by atoms with Crippen molar-refractivity contribution >= 4 is 29.8 Å². The normalized spacial score (nSPS) is 7.12. The molecule has 0 aliphatic carbocycles. The van der Waals surface area contributed by atoms with Gasteiger partial charge in [0.15, 0.2) is 0 Å². The molecular formula is C10H20N5O10V-5. The Morgan fingerprint density at radius 3 is 0.462 bits per heavy atom. The third-order valence-corrected chi connectivity index (χ3v) is 0.833. The summed E-state index contributed by atoms with van der Waals surface area (Å²) >= 11 is 0. The van der Waals surface area contributed by atoms with Crippen LogP contribution in [0.5, 0.6) is 0 Å². The van der Waals surface area contributed by atoms with E-state index in [2.05, 4.69) is 28.7 Å². The predicted octanol–water partition coefficient (Wildman–Crippen LogP) is -11.5. The van der Waals surface area contributed by atoms with Crippen LogP contribution in [0.4, 0.5) is 0 Å². The minimum absolute atomic E-state index is 0. The Morgan fingerprint density at radius 1 is 0.423 bits per heavy atom. The summed E-state index contributed by atoms with van der Waals surface area (Å²) in [6.45, 7) is -1.94. The monoisotopic (exact) mass is 421 g/mol. The van der Waals surface area contributed by atoms with E-state index in [1.807, 2.05) is 0 Å². The average molecular weight is 421 g/mol. The Labute approximate surface area is 160 Å². The van der Waals surface area contributed by atoms with E-state index >= 15 is 0 Å². The van der Waals surface area contributed by atoms with Crippen molar-refractivity contribution in [2.75, 3.05) is 32.7 Å². The van der Waals surface area contributed by atoms with E-state index in [0.29, 0.717) is 0 Å². The second-order valence-corrected chi connectivity index (χ2v) is 2.88. The Kier molecular flexibility index (Phi) is 51.2. The van der Waals surface area contributed by atoms with Crippen LogP contribution in [0.15, 0.2) is 0 Å². The van der Waals surface area contributed by atoms with Gasteiger partial charge in [0, 0.05) is 51.3 Å². The quantitative estimate of drug-likeness (QED) is 0.275. The number of carboxylic acids is 5. The minimum atomic E-state index is -1.22. The van der Waals surface area contributed by atoms with Crippen LogP contribution in [0.25, 0.3) is 0 Å². The number of hydrogen-bond acceptors (Lipinski definition) is 15. The molecule has 10 N–H and O–H groups in total. The fourth-order valence-corrected chi connectivity index (χ4v) is 0. The standard InChI is InChI=1S/5C2H5NO2.V/c5*3-1-2(4)5;/h5*1,3H2,(H,4,5);/p-5. The molecule has 0 rings (SSSR count). The molecule has 0 aromatic rings. The van der Waals surface area contributed by atoms with Gasteiger partial charge in [-0.1, -0.05) is 0 Å². The van der Waals surface area contributed by atoms with Gasteiger partial charge in [-0.2, -0.15) is 0 Å². The zero-order valence-corrected chi connectivity index (χ0v) is 14.8. The third kappa shape index (κ3) is 156. The molecule has 0 unspecified atom stereocenters. The van der Waals surface area contributed by atoms with Crippen LogP contribution in [0.1, 0.15) is 0 Å². The molecule has 155 valence electrons. The zero-order valence-electron chi connectivity index (χ0n) is 13.5. The van der Waals surface area contributed by atoms with E-state index in [9.17, 15) is 0 Å². The van der Waals surface area contributed by atoms with E-state index in [0.717, 1.165) is 0 Å². The molecule has 0 atom stereocenters. The predicted molar refractivity (Wildman–Crippen MR) is 70.3 cm³/mol. The molecule has 0 aliphatic rings. The molecule has 0 saturated heterocycles. The summed E-state index contributed by atoms with van der Waals surface area (Å²) in [5, 5.41) is 45.7. The van der Waals surface area contributed by atoms with Gasteiger partial charge < -0.3 is 78.2 Å². The van der Waals surface area contributed by atoms with E-state index in [1.165, 1.54) is 0 Å². The zero-order chi connectivity index (χ0) is 21.4. The van der Waals surface area contributed by atoms with Gasteiger partial charge >= 0.3 is 0 Å². The Morgan fingerprint density at radius 2 is 0.462 bits per heavy atom. The van der Waals surface area contributed by atoms with Gasteiger partial charge in [-0.05, 0) is 0 Å². The first kappa shape index (κ1) is 39.0. The maximum absolute atomic E-state index is 9.13. The molecule has 15 nitrogen and oxygen atoms in total. The van der Waals surface area contributed by atoms with Gasteiger partial charge in [-0.3, -0.25) is 0 Å². The molecule has 0 aromatic carbocycles. The van der Waals surface area contributed by atoms with Crippen LogP contribution >= 0.6 is 0 Å². The summed E-state index contributed by atoms with van der Waals surface area (Å²) in [5.41, 5.74) is 22.5. The summed E-state index contributed by atoms with van der Waals surface area (Å²) in [4.78, 5) is 45.7. The Hall–Kier alpha value is -2.27. The summed E-state index contributed by atoms with van der Waals surface area (Å²) in [6, 6.07) is 0. The minimum Gasteiger partial charge on any atom is -0.549 e. The molecule has 16 heteroatoms. The van der Waals surface area contributed by atoms with E-state index in [-0.39, 0.29) is 51.3 Å². The topological polar surface area (TPSA) is 331 Å². The van der Waals surface area contributed by atoms with Crippen molar-refractivity contribution in [3.63, 3.8) is 0 Å². The number of carbonyl (C=O) groups excluding carboxylic acids is 5. The molecule has 0 fully saturated rings. The molecule has 26 heavy (non-hydrogen) atoms. The van der Waals surface area contributed by atoms with Crippen LogP contribution in [0.2, 0.25) is 0 Å². The van der Waals surface area contributed by atoms with Gasteiger partial charge in [0.05, 0.1) is 29.8 Å². The van der Waals surface area contributed by atoms with Crippen LogP contribution in [-0.4, -0.2) is 62.6 Å². The maximum Gasteiger partial charge on any atom is 0.0550 e. The first-order chi connectivity index (χ1) is 11.4. The number of carboxylic acid groups (broad SMARTS) is 5. The van der Waals surface area contributed by atoms with Gasteiger partial charge in [0.2, 0.25) is 0 Å². The molecule has 1 radical (unpaired) electrons. The first-order valence-corrected chi connectivity index (χ1v) is 5.85.